The molecular weight excluding hydrogens is 294 g/mol. The summed E-state index contributed by atoms with van der Waals surface area (Å²) in [5, 5.41) is 2.61. The van der Waals surface area contributed by atoms with Crippen LogP contribution >= 0.6 is 11.3 Å². The van der Waals surface area contributed by atoms with Crippen molar-refractivity contribution in [1.82, 2.24) is 9.55 Å². The summed E-state index contributed by atoms with van der Waals surface area (Å²) in [6.45, 7) is 0. The molecule has 0 saturated heterocycles. The molecule has 0 amide bonds. The average Bonchev–Trinajstić information content (AvgIpc) is 2.92. The molecule has 5 nitrogen and oxygen atoms in total. The number of nitrogens with two attached hydrogens (primary N) is 1. The van der Waals surface area contributed by atoms with Gasteiger partial charge >= 0.3 is 0 Å². The Morgan fingerprint density at radius 1 is 1.30 bits per heavy atom. The zero-order valence-electron chi connectivity index (χ0n) is 11.0. The van der Waals surface area contributed by atoms with Crippen LogP contribution in [0.1, 0.15) is 0 Å². The molecule has 2 heterocycles. The maximum absolute atomic E-state index is 11.6. The van der Waals surface area contributed by atoms with Crippen LogP contribution in [0.25, 0.3) is 22.4 Å². The van der Waals surface area contributed by atoms with Crippen molar-refractivity contribution in [3.8, 4) is 11.4 Å². The number of hydrogen-bond acceptors (Lipinski definition) is 5. The first-order chi connectivity index (χ1) is 9.38. The minimum absolute atomic E-state index is 0.271. The standard InChI is InChI=1S/C13H13N3O2S2/c1-16-11-4-3-8(20(2,17)18)7-10(11)15-13(16)9-5-6-19-12(9)14/h3-7H,14H2,1-2H3. The van der Waals surface area contributed by atoms with Gasteiger partial charge in [-0.05, 0) is 29.6 Å². The third-order valence-electron chi connectivity index (χ3n) is 3.22. The van der Waals surface area contributed by atoms with Gasteiger partial charge in [0.1, 0.15) is 5.82 Å². The van der Waals surface area contributed by atoms with Crippen LogP contribution < -0.4 is 5.73 Å². The van der Waals surface area contributed by atoms with Crippen LogP contribution in [0.5, 0.6) is 0 Å². The van der Waals surface area contributed by atoms with Crippen LogP contribution in [-0.4, -0.2) is 24.2 Å². The van der Waals surface area contributed by atoms with Crippen LogP contribution in [0, 0.1) is 0 Å². The van der Waals surface area contributed by atoms with Gasteiger partial charge in [0.05, 0.1) is 26.5 Å². The predicted molar refractivity (Wildman–Crippen MR) is 81.5 cm³/mol. The number of rotatable bonds is 2. The number of benzene rings is 1. The summed E-state index contributed by atoms with van der Waals surface area (Å²) in [5.74, 6) is 0.740. The van der Waals surface area contributed by atoms with E-state index in [9.17, 15) is 8.42 Å². The summed E-state index contributed by atoms with van der Waals surface area (Å²) in [5.41, 5.74) is 8.32. The summed E-state index contributed by atoms with van der Waals surface area (Å²) in [6, 6.07) is 6.88. The van der Waals surface area contributed by atoms with E-state index >= 15 is 0 Å². The number of aryl methyl sites for hydroxylation is 1. The van der Waals surface area contributed by atoms with Gasteiger partial charge < -0.3 is 10.3 Å². The van der Waals surface area contributed by atoms with Crippen molar-refractivity contribution in [2.24, 2.45) is 7.05 Å². The second-order valence-corrected chi connectivity index (χ2v) is 7.58. The molecule has 0 unspecified atom stereocenters. The Hall–Kier alpha value is -1.86. The Morgan fingerprint density at radius 3 is 2.65 bits per heavy atom. The normalized spacial score (nSPS) is 12.1. The van der Waals surface area contributed by atoms with E-state index < -0.39 is 9.84 Å². The molecule has 0 atom stereocenters. The highest BCUT2D eigenvalue weighted by Crippen LogP contribution is 2.32. The highest BCUT2D eigenvalue weighted by atomic mass is 32.2. The van der Waals surface area contributed by atoms with Crippen LogP contribution in [-0.2, 0) is 16.9 Å². The summed E-state index contributed by atoms with van der Waals surface area (Å²) >= 11 is 1.45. The number of nitrogens with zero attached hydrogens (tertiary/aromatic N) is 2. The van der Waals surface area contributed by atoms with Crippen molar-refractivity contribution in [3.63, 3.8) is 0 Å². The van der Waals surface area contributed by atoms with E-state index in [4.69, 9.17) is 5.73 Å². The fourth-order valence-corrected chi connectivity index (χ4v) is 3.43. The summed E-state index contributed by atoms with van der Waals surface area (Å²) < 4.78 is 25.1. The lowest BCUT2D eigenvalue weighted by atomic mass is 10.3. The van der Waals surface area contributed by atoms with E-state index in [2.05, 4.69) is 4.98 Å². The largest absolute Gasteiger partial charge is 0.390 e. The summed E-state index contributed by atoms with van der Waals surface area (Å²) in [6.07, 6.45) is 1.19. The zero-order chi connectivity index (χ0) is 14.5. The molecule has 3 rings (SSSR count). The predicted octanol–water partition coefficient (Wildman–Crippen LogP) is 2.29. The van der Waals surface area contributed by atoms with Gasteiger partial charge in [-0.25, -0.2) is 13.4 Å². The lowest BCUT2D eigenvalue weighted by Gasteiger charge is -2.01. The number of hydrogen-bond donors (Lipinski definition) is 1. The second-order valence-electron chi connectivity index (χ2n) is 4.62. The van der Waals surface area contributed by atoms with E-state index in [0.717, 1.165) is 16.9 Å². The first-order valence-electron chi connectivity index (χ1n) is 5.88. The first kappa shape index (κ1) is 13.1. The summed E-state index contributed by atoms with van der Waals surface area (Å²) in [4.78, 5) is 4.79. The van der Waals surface area contributed by atoms with Crippen LogP contribution in [0.3, 0.4) is 0 Å². The molecule has 0 bridgehead atoms. The SMILES string of the molecule is Cn1c(-c2ccsc2N)nc2cc(S(C)(=O)=O)ccc21. The number of imidazole rings is 1. The van der Waals surface area contributed by atoms with E-state index in [1.54, 1.807) is 18.2 Å². The molecule has 104 valence electrons. The molecule has 0 saturated carbocycles. The Kier molecular flexibility index (Phi) is 2.84. The fourth-order valence-electron chi connectivity index (χ4n) is 2.16. The van der Waals surface area contributed by atoms with Gasteiger partial charge in [-0.2, -0.15) is 0 Å². The number of fused-ring (bicyclic) bond motifs is 1. The quantitative estimate of drug-likeness (QED) is 0.788. The Morgan fingerprint density at radius 2 is 2.05 bits per heavy atom. The van der Waals surface area contributed by atoms with Crippen molar-refractivity contribution in [1.29, 1.82) is 0 Å². The van der Waals surface area contributed by atoms with Crippen molar-refractivity contribution in [3.05, 3.63) is 29.6 Å². The van der Waals surface area contributed by atoms with E-state index in [-0.39, 0.29) is 4.90 Å². The highest BCUT2D eigenvalue weighted by molar-refractivity contribution is 7.90. The maximum Gasteiger partial charge on any atom is 0.175 e. The van der Waals surface area contributed by atoms with Gasteiger partial charge in [0, 0.05) is 13.3 Å². The Labute approximate surface area is 120 Å². The summed E-state index contributed by atoms with van der Waals surface area (Å²) in [7, 11) is -1.34. The van der Waals surface area contributed by atoms with Crippen LogP contribution in [0.4, 0.5) is 5.00 Å². The van der Waals surface area contributed by atoms with Crippen molar-refractivity contribution in [2.45, 2.75) is 4.90 Å². The number of nitrogen functional groups attached to an aromatic ring is 1. The number of thiophene rings is 1. The molecule has 1 aromatic carbocycles. The molecule has 0 fully saturated rings. The van der Waals surface area contributed by atoms with Gasteiger partial charge in [-0.15, -0.1) is 11.3 Å². The van der Waals surface area contributed by atoms with Gasteiger partial charge in [-0.1, -0.05) is 0 Å². The van der Waals surface area contributed by atoms with Crippen LogP contribution in [0.2, 0.25) is 0 Å². The molecule has 0 aliphatic carbocycles. The van der Waals surface area contributed by atoms with Gasteiger partial charge in [0.2, 0.25) is 0 Å². The minimum atomic E-state index is -3.23. The molecule has 0 radical (unpaired) electrons. The van der Waals surface area contributed by atoms with Gasteiger partial charge in [-0.3, -0.25) is 0 Å². The molecule has 0 spiro atoms. The fraction of sp³-hybridized carbons (Fsp3) is 0.154. The topological polar surface area (TPSA) is 78.0 Å². The monoisotopic (exact) mass is 307 g/mol. The minimum Gasteiger partial charge on any atom is -0.390 e. The van der Waals surface area contributed by atoms with Crippen molar-refractivity contribution >= 4 is 37.2 Å². The molecule has 2 aromatic heterocycles. The van der Waals surface area contributed by atoms with Crippen LogP contribution in [0.15, 0.2) is 34.5 Å². The third-order valence-corrected chi connectivity index (χ3v) is 5.07. The Balaban J connectivity index is 2.28. The van der Waals surface area contributed by atoms with E-state index in [1.807, 2.05) is 23.1 Å². The average molecular weight is 307 g/mol. The Bertz CT molecular complexity index is 907. The maximum atomic E-state index is 11.6. The molecule has 3 aromatic rings. The number of sulfone groups is 1. The molecule has 20 heavy (non-hydrogen) atoms. The zero-order valence-corrected chi connectivity index (χ0v) is 12.6. The lowest BCUT2D eigenvalue weighted by molar-refractivity contribution is 0.602. The smallest absolute Gasteiger partial charge is 0.175 e. The third kappa shape index (κ3) is 1.99. The molecule has 0 aliphatic rings. The first-order valence-corrected chi connectivity index (χ1v) is 8.65. The van der Waals surface area contributed by atoms with Gasteiger partial charge in [0.25, 0.3) is 0 Å². The van der Waals surface area contributed by atoms with E-state index in [1.165, 1.54) is 17.6 Å². The second kappa shape index (κ2) is 4.32. The van der Waals surface area contributed by atoms with Gasteiger partial charge in [0.15, 0.2) is 9.84 Å². The molecular formula is C13H13N3O2S2. The molecule has 0 aliphatic heterocycles. The number of aromatic nitrogens is 2. The number of anilines is 1. The lowest BCUT2D eigenvalue weighted by Crippen LogP contribution is -1.96. The van der Waals surface area contributed by atoms with E-state index in [0.29, 0.717) is 10.5 Å². The molecule has 7 heteroatoms. The van der Waals surface area contributed by atoms with Crippen molar-refractivity contribution < 1.29 is 8.42 Å². The molecule has 2 N–H and O–H groups in total. The highest BCUT2D eigenvalue weighted by Gasteiger charge is 2.15. The van der Waals surface area contributed by atoms with Crippen molar-refractivity contribution in [2.75, 3.05) is 12.0 Å².